The molecule has 1 heterocycles. The molecule has 15 heavy (non-hydrogen) atoms. The average molecular weight is 204 g/mol. The summed E-state index contributed by atoms with van der Waals surface area (Å²) in [6.45, 7) is 4.57. The molecule has 1 atom stereocenters. The first kappa shape index (κ1) is 10.5. The van der Waals surface area contributed by atoms with Crippen molar-refractivity contribution in [3.63, 3.8) is 0 Å². The third-order valence-corrected chi connectivity index (χ3v) is 3.41. The molecule has 1 saturated heterocycles. The molecule has 1 aliphatic rings. The second-order valence-electron chi connectivity index (χ2n) is 4.56. The van der Waals surface area contributed by atoms with Gasteiger partial charge in [0.15, 0.2) is 0 Å². The van der Waals surface area contributed by atoms with E-state index in [9.17, 15) is 0 Å². The molecule has 1 fully saturated rings. The summed E-state index contributed by atoms with van der Waals surface area (Å²) in [6.07, 6.45) is 2.31. The lowest BCUT2D eigenvalue weighted by atomic mass is 9.95. The molecule has 0 radical (unpaired) electrons. The molecule has 2 nitrogen and oxygen atoms in total. The van der Waals surface area contributed by atoms with E-state index in [4.69, 9.17) is 5.73 Å². The number of hydrogen-bond acceptors (Lipinski definition) is 2. The van der Waals surface area contributed by atoms with E-state index >= 15 is 0 Å². The van der Waals surface area contributed by atoms with Crippen molar-refractivity contribution in [3.8, 4) is 0 Å². The summed E-state index contributed by atoms with van der Waals surface area (Å²) >= 11 is 0. The van der Waals surface area contributed by atoms with Gasteiger partial charge in [-0.1, -0.05) is 19.1 Å². The monoisotopic (exact) mass is 204 g/mol. The highest BCUT2D eigenvalue weighted by atomic mass is 15.1. The van der Waals surface area contributed by atoms with E-state index in [1.54, 1.807) is 0 Å². The fourth-order valence-electron chi connectivity index (χ4n) is 2.39. The molecule has 0 aromatic heterocycles. The van der Waals surface area contributed by atoms with Gasteiger partial charge in [0.05, 0.1) is 0 Å². The first-order valence-electron chi connectivity index (χ1n) is 5.77. The van der Waals surface area contributed by atoms with E-state index < -0.39 is 0 Å². The van der Waals surface area contributed by atoms with Crippen molar-refractivity contribution in [2.75, 3.05) is 25.9 Å². The Morgan fingerprint density at radius 2 is 2.27 bits per heavy atom. The number of likely N-dealkylation sites (tertiary alicyclic amines) is 1. The van der Waals surface area contributed by atoms with E-state index in [0.29, 0.717) is 5.92 Å². The number of aryl methyl sites for hydroxylation is 1. The Hall–Kier alpha value is -1.02. The molecule has 0 bridgehead atoms. The molecule has 82 valence electrons. The van der Waals surface area contributed by atoms with Crippen molar-refractivity contribution in [2.45, 2.75) is 25.7 Å². The zero-order chi connectivity index (χ0) is 10.8. The fraction of sp³-hybridized carbons (Fsp3) is 0.538. The lowest BCUT2D eigenvalue weighted by Crippen LogP contribution is -2.13. The number of nitrogens with two attached hydrogens (primary N) is 1. The van der Waals surface area contributed by atoms with E-state index in [2.05, 4.69) is 37.1 Å². The van der Waals surface area contributed by atoms with E-state index in [-0.39, 0.29) is 0 Å². The summed E-state index contributed by atoms with van der Waals surface area (Å²) in [5.41, 5.74) is 9.61. The van der Waals surface area contributed by atoms with Gasteiger partial charge in [0, 0.05) is 12.2 Å². The predicted octanol–water partition coefficient (Wildman–Crippen LogP) is 2.25. The van der Waals surface area contributed by atoms with Crippen LogP contribution < -0.4 is 5.73 Å². The lowest BCUT2D eigenvalue weighted by molar-refractivity contribution is 0.411. The fourth-order valence-corrected chi connectivity index (χ4v) is 2.39. The molecule has 0 saturated carbocycles. The van der Waals surface area contributed by atoms with Crippen LogP contribution in [-0.2, 0) is 6.42 Å². The maximum Gasteiger partial charge on any atom is 0.0346 e. The summed E-state index contributed by atoms with van der Waals surface area (Å²) in [5.74, 6) is 0.709. The maximum atomic E-state index is 5.92. The highest BCUT2D eigenvalue weighted by molar-refractivity contribution is 5.49. The number of hydrogen-bond donors (Lipinski definition) is 1. The average Bonchev–Trinajstić information content (AvgIpc) is 2.66. The molecular weight excluding hydrogens is 184 g/mol. The minimum absolute atomic E-state index is 0.709. The largest absolute Gasteiger partial charge is 0.399 e. The number of nitrogens with zero attached hydrogens (tertiary/aromatic N) is 1. The Bertz CT molecular complexity index is 346. The Balaban J connectivity index is 2.21. The van der Waals surface area contributed by atoms with Crippen LogP contribution in [0.25, 0.3) is 0 Å². The van der Waals surface area contributed by atoms with Crippen molar-refractivity contribution in [2.24, 2.45) is 0 Å². The van der Waals surface area contributed by atoms with Gasteiger partial charge in [0.2, 0.25) is 0 Å². The van der Waals surface area contributed by atoms with Crippen LogP contribution >= 0.6 is 0 Å². The zero-order valence-electron chi connectivity index (χ0n) is 9.66. The van der Waals surface area contributed by atoms with Crippen molar-refractivity contribution >= 4 is 5.69 Å². The van der Waals surface area contributed by atoms with Gasteiger partial charge in [-0.15, -0.1) is 0 Å². The molecule has 1 aliphatic heterocycles. The van der Waals surface area contributed by atoms with Crippen LogP contribution in [0.1, 0.15) is 30.4 Å². The second kappa shape index (κ2) is 4.23. The number of benzene rings is 1. The van der Waals surface area contributed by atoms with Crippen LogP contribution in [0.15, 0.2) is 18.2 Å². The van der Waals surface area contributed by atoms with Gasteiger partial charge in [-0.05, 0) is 49.5 Å². The minimum atomic E-state index is 0.709. The van der Waals surface area contributed by atoms with Crippen LogP contribution in [0.3, 0.4) is 0 Å². The predicted molar refractivity (Wildman–Crippen MR) is 65.1 cm³/mol. The second-order valence-corrected chi connectivity index (χ2v) is 4.56. The van der Waals surface area contributed by atoms with Crippen molar-refractivity contribution < 1.29 is 0 Å². The van der Waals surface area contributed by atoms with Crippen molar-refractivity contribution in [1.29, 1.82) is 0 Å². The van der Waals surface area contributed by atoms with Gasteiger partial charge in [0.25, 0.3) is 0 Å². The molecule has 1 aromatic carbocycles. The summed E-state index contributed by atoms with van der Waals surface area (Å²) in [6, 6.07) is 6.55. The SMILES string of the molecule is CCc1cc(C2CCN(C)C2)ccc1N. The van der Waals surface area contributed by atoms with Gasteiger partial charge in [-0.2, -0.15) is 0 Å². The Kier molecular flexibility index (Phi) is 2.96. The standard InChI is InChI=1S/C13H20N2/c1-3-10-8-11(4-5-13(10)14)12-6-7-15(2)9-12/h4-5,8,12H,3,6-7,9,14H2,1-2H3. The van der Waals surface area contributed by atoms with Gasteiger partial charge in [0.1, 0.15) is 0 Å². The quantitative estimate of drug-likeness (QED) is 0.749. The molecule has 0 amide bonds. The van der Waals surface area contributed by atoms with E-state index in [1.165, 1.54) is 30.6 Å². The highest BCUT2D eigenvalue weighted by Gasteiger charge is 2.21. The number of anilines is 1. The first-order valence-corrected chi connectivity index (χ1v) is 5.77. The summed E-state index contributed by atoms with van der Waals surface area (Å²) in [5, 5.41) is 0. The van der Waals surface area contributed by atoms with Gasteiger partial charge in [-0.25, -0.2) is 0 Å². The first-order chi connectivity index (χ1) is 7.20. The van der Waals surface area contributed by atoms with Crippen LogP contribution in [-0.4, -0.2) is 25.0 Å². The maximum absolute atomic E-state index is 5.92. The number of nitrogen functional groups attached to an aromatic ring is 1. The molecule has 1 unspecified atom stereocenters. The van der Waals surface area contributed by atoms with Crippen LogP contribution in [0.2, 0.25) is 0 Å². The third-order valence-electron chi connectivity index (χ3n) is 3.41. The summed E-state index contributed by atoms with van der Waals surface area (Å²) < 4.78 is 0. The highest BCUT2D eigenvalue weighted by Crippen LogP contribution is 2.28. The minimum Gasteiger partial charge on any atom is -0.399 e. The molecular formula is C13H20N2. The Labute approximate surface area is 92.1 Å². The van der Waals surface area contributed by atoms with E-state index in [0.717, 1.165) is 12.1 Å². The molecule has 2 N–H and O–H groups in total. The lowest BCUT2D eigenvalue weighted by Gasteiger charge is -2.13. The Morgan fingerprint density at radius 3 is 2.87 bits per heavy atom. The molecule has 2 heteroatoms. The smallest absolute Gasteiger partial charge is 0.0346 e. The normalized spacial score (nSPS) is 22.1. The molecule has 2 rings (SSSR count). The van der Waals surface area contributed by atoms with Crippen LogP contribution in [0.4, 0.5) is 5.69 Å². The van der Waals surface area contributed by atoms with Crippen molar-refractivity contribution in [3.05, 3.63) is 29.3 Å². The van der Waals surface area contributed by atoms with Gasteiger partial charge < -0.3 is 10.6 Å². The summed E-state index contributed by atoms with van der Waals surface area (Å²) in [7, 11) is 2.19. The van der Waals surface area contributed by atoms with Crippen molar-refractivity contribution in [1.82, 2.24) is 4.90 Å². The summed E-state index contributed by atoms with van der Waals surface area (Å²) in [4.78, 5) is 2.40. The van der Waals surface area contributed by atoms with Crippen LogP contribution in [0, 0.1) is 0 Å². The van der Waals surface area contributed by atoms with Crippen LogP contribution in [0.5, 0.6) is 0 Å². The molecule has 0 aliphatic carbocycles. The molecule has 1 aromatic rings. The van der Waals surface area contributed by atoms with Gasteiger partial charge >= 0.3 is 0 Å². The number of rotatable bonds is 2. The Morgan fingerprint density at radius 1 is 1.47 bits per heavy atom. The molecule has 0 spiro atoms. The van der Waals surface area contributed by atoms with Gasteiger partial charge in [-0.3, -0.25) is 0 Å². The number of likely N-dealkylation sites (N-methyl/N-ethyl adjacent to an activating group) is 1. The van der Waals surface area contributed by atoms with E-state index in [1.807, 2.05) is 0 Å². The third kappa shape index (κ3) is 2.15. The topological polar surface area (TPSA) is 29.3 Å². The zero-order valence-corrected chi connectivity index (χ0v) is 9.66.